The van der Waals surface area contributed by atoms with Crippen LogP contribution in [-0.4, -0.2) is 29.8 Å². The average molecular weight is 403 g/mol. The number of rotatable bonds is 3. The highest BCUT2D eigenvalue weighted by Gasteiger charge is 2.43. The zero-order valence-electron chi connectivity index (χ0n) is 18.6. The maximum absolute atomic E-state index is 13.7. The van der Waals surface area contributed by atoms with Crippen LogP contribution in [-0.2, 0) is 9.59 Å². The second-order valence-electron chi connectivity index (χ2n) is 8.98. The molecule has 2 aromatic rings. The number of aryl methyl sites for hydroxylation is 4. The number of nitrogens with zero attached hydrogens (tertiary/aromatic N) is 2. The summed E-state index contributed by atoms with van der Waals surface area (Å²) in [5, 5.41) is 0. The van der Waals surface area contributed by atoms with Crippen molar-refractivity contribution >= 4 is 23.1 Å². The highest BCUT2D eigenvalue weighted by atomic mass is 16.2. The minimum atomic E-state index is -0.220. The predicted molar refractivity (Wildman–Crippen MR) is 121 cm³/mol. The molecule has 0 radical (unpaired) electrons. The van der Waals surface area contributed by atoms with Gasteiger partial charge in [-0.25, -0.2) is 4.90 Å². The maximum Gasteiger partial charge on any atom is 0.282 e. The Kier molecular flexibility index (Phi) is 5.27. The van der Waals surface area contributed by atoms with E-state index in [0.29, 0.717) is 22.9 Å². The second kappa shape index (κ2) is 7.75. The second-order valence-corrected chi connectivity index (χ2v) is 8.98. The molecule has 1 fully saturated rings. The van der Waals surface area contributed by atoms with Crippen LogP contribution in [0.15, 0.2) is 42.1 Å². The summed E-state index contributed by atoms with van der Waals surface area (Å²) in [5.74, 6) is 0.226. The topological polar surface area (TPSA) is 40.6 Å². The molecule has 0 aliphatic carbocycles. The van der Waals surface area contributed by atoms with Gasteiger partial charge in [-0.05, 0) is 86.4 Å². The van der Waals surface area contributed by atoms with Gasteiger partial charge in [-0.2, -0.15) is 0 Å². The van der Waals surface area contributed by atoms with Gasteiger partial charge in [0.25, 0.3) is 11.8 Å². The first-order valence-corrected chi connectivity index (χ1v) is 10.8. The van der Waals surface area contributed by atoms with Gasteiger partial charge in [-0.15, -0.1) is 0 Å². The molecule has 2 amide bonds. The van der Waals surface area contributed by atoms with Crippen molar-refractivity contribution in [1.29, 1.82) is 0 Å². The molecule has 4 heteroatoms. The molecule has 0 N–H and O–H groups in total. The fraction of sp³-hybridized carbons (Fsp3) is 0.385. The molecule has 2 aromatic carbocycles. The van der Waals surface area contributed by atoms with Crippen LogP contribution in [0.5, 0.6) is 0 Å². The first-order valence-electron chi connectivity index (χ1n) is 10.8. The Morgan fingerprint density at radius 3 is 2.03 bits per heavy atom. The van der Waals surface area contributed by atoms with Crippen molar-refractivity contribution in [2.75, 3.05) is 18.0 Å². The number of piperidine rings is 1. The fourth-order valence-corrected chi connectivity index (χ4v) is 4.52. The van der Waals surface area contributed by atoms with Gasteiger partial charge in [-0.1, -0.05) is 31.2 Å². The SMILES string of the molecule is Cc1cc(C)cc(N2C(=O)C(c3ccc(C)c(C)c3)=C(N3CCC(C)CC3)C2=O)c1. The van der Waals surface area contributed by atoms with E-state index in [9.17, 15) is 9.59 Å². The summed E-state index contributed by atoms with van der Waals surface area (Å²) < 4.78 is 0. The van der Waals surface area contributed by atoms with Crippen molar-refractivity contribution in [2.45, 2.75) is 47.5 Å². The smallest absolute Gasteiger partial charge is 0.282 e. The zero-order valence-corrected chi connectivity index (χ0v) is 18.6. The van der Waals surface area contributed by atoms with Crippen molar-refractivity contribution in [1.82, 2.24) is 4.90 Å². The number of carbonyl (C=O) groups is 2. The Morgan fingerprint density at radius 2 is 1.43 bits per heavy atom. The van der Waals surface area contributed by atoms with E-state index in [2.05, 4.69) is 24.8 Å². The molecule has 0 aromatic heterocycles. The van der Waals surface area contributed by atoms with Crippen molar-refractivity contribution in [3.63, 3.8) is 0 Å². The molecule has 2 aliphatic heterocycles. The van der Waals surface area contributed by atoms with Crippen molar-refractivity contribution in [3.8, 4) is 0 Å². The van der Waals surface area contributed by atoms with Gasteiger partial charge in [0.15, 0.2) is 0 Å². The summed E-state index contributed by atoms with van der Waals surface area (Å²) in [6, 6.07) is 11.9. The Labute approximate surface area is 179 Å². The Bertz CT molecular complexity index is 1040. The van der Waals surface area contributed by atoms with Crippen LogP contribution in [0.2, 0.25) is 0 Å². The molecule has 1 saturated heterocycles. The van der Waals surface area contributed by atoms with Crippen LogP contribution in [0.1, 0.15) is 47.6 Å². The van der Waals surface area contributed by atoms with Gasteiger partial charge in [0, 0.05) is 13.1 Å². The third kappa shape index (κ3) is 3.55. The Morgan fingerprint density at radius 1 is 0.800 bits per heavy atom. The van der Waals surface area contributed by atoms with Crippen molar-refractivity contribution in [3.05, 3.63) is 69.9 Å². The molecule has 0 saturated carbocycles. The van der Waals surface area contributed by atoms with E-state index < -0.39 is 0 Å². The quantitative estimate of drug-likeness (QED) is 0.683. The summed E-state index contributed by atoms with van der Waals surface area (Å²) in [6.45, 7) is 12.0. The molecule has 2 aliphatic rings. The van der Waals surface area contributed by atoms with Gasteiger partial charge >= 0.3 is 0 Å². The zero-order chi connectivity index (χ0) is 21.6. The lowest BCUT2D eigenvalue weighted by molar-refractivity contribution is -0.120. The van der Waals surface area contributed by atoms with Crippen molar-refractivity contribution < 1.29 is 9.59 Å². The third-order valence-electron chi connectivity index (χ3n) is 6.42. The molecule has 30 heavy (non-hydrogen) atoms. The minimum Gasteiger partial charge on any atom is -0.366 e. The molecule has 156 valence electrons. The standard InChI is InChI=1S/C26H30N2O2/c1-16-8-10-27(11-9-16)24-23(21-7-6-19(4)20(5)15-21)25(29)28(26(24)30)22-13-17(2)12-18(3)14-22/h6-7,12-16H,8-11H2,1-5H3. The number of hydrogen-bond donors (Lipinski definition) is 0. The Balaban J connectivity index is 1.84. The third-order valence-corrected chi connectivity index (χ3v) is 6.42. The van der Waals surface area contributed by atoms with E-state index in [-0.39, 0.29) is 11.8 Å². The highest BCUT2D eigenvalue weighted by molar-refractivity contribution is 6.45. The van der Waals surface area contributed by atoms with E-state index in [1.54, 1.807) is 0 Å². The summed E-state index contributed by atoms with van der Waals surface area (Å²) in [5.41, 5.74) is 6.97. The summed E-state index contributed by atoms with van der Waals surface area (Å²) in [6.07, 6.45) is 2.07. The number of carbonyl (C=O) groups excluding carboxylic acids is 2. The number of imide groups is 1. The summed E-state index contributed by atoms with van der Waals surface area (Å²) >= 11 is 0. The van der Waals surface area contributed by atoms with Crippen LogP contribution >= 0.6 is 0 Å². The molecule has 0 unspecified atom stereocenters. The van der Waals surface area contributed by atoms with Crippen LogP contribution in [0.3, 0.4) is 0 Å². The van der Waals surface area contributed by atoms with E-state index in [4.69, 9.17) is 0 Å². The van der Waals surface area contributed by atoms with E-state index in [1.165, 1.54) is 10.5 Å². The largest absolute Gasteiger partial charge is 0.366 e. The first kappa shape index (κ1) is 20.4. The molecule has 4 nitrogen and oxygen atoms in total. The molecule has 0 spiro atoms. The average Bonchev–Trinajstić information content (AvgIpc) is 2.94. The van der Waals surface area contributed by atoms with E-state index in [0.717, 1.165) is 48.2 Å². The molecule has 0 bridgehead atoms. The van der Waals surface area contributed by atoms with Gasteiger partial charge in [0.2, 0.25) is 0 Å². The minimum absolute atomic E-state index is 0.201. The molecule has 4 rings (SSSR count). The number of hydrogen-bond acceptors (Lipinski definition) is 3. The molecule has 2 heterocycles. The van der Waals surface area contributed by atoms with E-state index in [1.807, 2.05) is 51.1 Å². The molecule has 0 atom stereocenters. The monoisotopic (exact) mass is 402 g/mol. The van der Waals surface area contributed by atoms with Gasteiger partial charge in [-0.3, -0.25) is 9.59 Å². The first-order chi connectivity index (χ1) is 14.3. The fourth-order valence-electron chi connectivity index (χ4n) is 4.52. The number of anilines is 1. The Hall–Kier alpha value is -2.88. The lowest BCUT2D eigenvalue weighted by atomic mass is 9.96. The maximum atomic E-state index is 13.7. The van der Waals surface area contributed by atoms with Crippen LogP contribution in [0.4, 0.5) is 5.69 Å². The summed E-state index contributed by atoms with van der Waals surface area (Å²) in [7, 11) is 0. The normalized spacial score (nSPS) is 18.0. The number of likely N-dealkylation sites (tertiary alicyclic amines) is 1. The van der Waals surface area contributed by atoms with Gasteiger partial charge < -0.3 is 4.90 Å². The lowest BCUT2D eigenvalue weighted by Crippen LogP contribution is -2.38. The molecular weight excluding hydrogens is 372 g/mol. The number of benzene rings is 2. The van der Waals surface area contributed by atoms with Gasteiger partial charge in [0.1, 0.15) is 5.70 Å². The van der Waals surface area contributed by atoms with Crippen LogP contribution in [0, 0.1) is 33.6 Å². The van der Waals surface area contributed by atoms with Crippen LogP contribution in [0.25, 0.3) is 5.57 Å². The lowest BCUT2D eigenvalue weighted by Gasteiger charge is -2.32. The van der Waals surface area contributed by atoms with Crippen molar-refractivity contribution in [2.24, 2.45) is 5.92 Å². The van der Waals surface area contributed by atoms with Gasteiger partial charge in [0.05, 0.1) is 11.3 Å². The summed E-state index contributed by atoms with van der Waals surface area (Å²) in [4.78, 5) is 30.8. The predicted octanol–water partition coefficient (Wildman–Crippen LogP) is 4.94. The van der Waals surface area contributed by atoms with E-state index >= 15 is 0 Å². The highest BCUT2D eigenvalue weighted by Crippen LogP contribution is 2.37. The molecular formula is C26H30N2O2. The van der Waals surface area contributed by atoms with Crippen LogP contribution < -0.4 is 4.90 Å². The number of amides is 2.